The Bertz CT molecular complexity index is 1750. The Kier molecular flexibility index (Phi) is 9.98. The number of rotatable bonds is 13. The molecule has 1 heterocycles. The number of cyclic esters (lactones) is 1. The molecule has 1 fully saturated rings. The smallest absolute Gasteiger partial charge is 0.415 e. The highest BCUT2D eigenvalue weighted by Crippen LogP contribution is 2.44. The number of nitrogens with zero attached hydrogens (tertiary/aromatic N) is 1. The van der Waals surface area contributed by atoms with Crippen LogP contribution in [0.3, 0.4) is 0 Å². The first-order chi connectivity index (χ1) is 23.0. The van der Waals surface area contributed by atoms with E-state index in [0.29, 0.717) is 48.1 Å². The van der Waals surface area contributed by atoms with Crippen molar-refractivity contribution in [1.29, 1.82) is 0 Å². The van der Waals surface area contributed by atoms with Crippen molar-refractivity contribution >= 4 is 11.8 Å². The van der Waals surface area contributed by atoms with Crippen molar-refractivity contribution < 1.29 is 33.2 Å². The number of benzene rings is 5. The van der Waals surface area contributed by atoms with Gasteiger partial charge in [0.1, 0.15) is 48.4 Å². The SMILES string of the molecule is COc1ccc(N2C(=O)O[C@H](CCC(O)c3ccc(F)cc3)[C@H]2c2ccc(OCc3ccccc3)cc2OCc2ccccc2)cc1. The van der Waals surface area contributed by atoms with Crippen molar-refractivity contribution in [3.05, 3.63) is 155 Å². The number of hydrogen-bond acceptors (Lipinski definition) is 6. The molecule has 47 heavy (non-hydrogen) atoms. The topological polar surface area (TPSA) is 77.5 Å². The molecule has 1 unspecified atom stereocenters. The number of methoxy groups -OCH3 is 1. The van der Waals surface area contributed by atoms with Crippen molar-refractivity contribution in [2.75, 3.05) is 12.0 Å². The third kappa shape index (κ3) is 7.73. The Morgan fingerprint density at radius 1 is 0.787 bits per heavy atom. The van der Waals surface area contributed by atoms with Crippen molar-refractivity contribution in [2.45, 2.75) is 44.3 Å². The number of amides is 1. The van der Waals surface area contributed by atoms with Crippen LogP contribution < -0.4 is 19.1 Å². The van der Waals surface area contributed by atoms with Gasteiger partial charge in [0.2, 0.25) is 0 Å². The van der Waals surface area contributed by atoms with Crippen LogP contribution in [0, 0.1) is 5.82 Å². The quantitative estimate of drug-likeness (QED) is 0.140. The maximum absolute atomic E-state index is 13.6. The lowest BCUT2D eigenvalue weighted by molar-refractivity contribution is 0.100. The molecule has 1 amide bonds. The summed E-state index contributed by atoms with van der Waals surface area (Å²) < 4.78 is 37.5. The fourth-order valence-corrected chi connectivity index (χ4v) is 5.72. The van der Waals surface area contributed by atoms with Crippen molar-refractivity contribution in [2.24, 2.45) is 0 Å². The molecule has 0 bridgehead atoms. The van der Waals surface area contributed by atoms with Gasteiger partial charge < -0.3 is 24.1 Å². The van der Waals surface area contributed by atoms with Crippen molar-refractivity contribution in [3.63, 3.8) is 0 Å². The molecule has 0 aromatic heterocycles. The second-order valence-corrected chi connectivity index (χ2v) is 11.3. The number of anilines is 1. The summed E-state index contributed by atoms with van der Waals surface area (Å²) in [7, 11) is 1.59. The van der Waals surface area contributed by atoms with Crippen LogP contribution in [0.2, 0.25) is 0 Å². The fraction of sp³-hybridized carbons (Fsp3) is 0.205. The van der Waals surface area contributed by atoms with E-state index in [-0.39, 0.29) is 12.2 Å². The lowest BCUT2D eigenvalue weighted by Gasteiger charge is -2.28. The fourth-order valence-electron chi connectivity index (χ4n) is 5.72. The highest BCUT2D eigenvalue weighted by Gasteiger charge is 2.45. The number of hydrogen-bond donors (Lipinski definition) is 1. The molecule has 0 radical (unpaired) electrons. The number of aliphatic hydroxyl groups excluding tert-OH is 1. The van der Waals surface area contributed by atoms with Gasteiger partial charge in [0.15, 0.2) is 0 Å². The standard InChI is InChI=1S/C39H36FNO6/c1-44-32-18-16-31(17-19-32)41-38(36(47-39(41)43)23-22-35(42)29-12-14-30(40)15-13-29)34-21-20-33(45-25-27-8-4-2-5-9-27)24-37(34)46-26-28-10-6-3-7-11-28/h2-21,24,35-36,38,42H,22-23,25-26H2,1H3/t35?,36-,38-/m1/s1. The van der Waals surface area contributed by atoms with Crippen LogP contribution >= 0.6 is 0 Å². The molecular weight excluding hydrogens is 597 g/mol. The van der Waals surface area contributed by atoms with Gasteiger partial charge in [0.25, 0.3) is 0 Å². The second-order valence-electron chi connectivity index (χ2n) is 11.3. The Morgan fingerprint density at radius 2 is 1.40 bits per heavy atom. The summed E-state index contributed by atoms with van der Waals surface area (Å²) in [6.07, 6.45) is -1.39. The summed E-state index contributed by atoms with van der Waals surface area (Å²) in [6.45, 7) is 0.680. The summed E-state index contributed by atoms with van der Waals surface area (Å²) >= 11 is 0. The normalized spacial score (nSPS) is 16.4. The molecule has 7 nitrogen and oxygen atoms in total. The first-order valence-electron chi connectivity index (χ1n) is 15.5. The Labute approximate surface area is 273 Å². The third-order valence-corrected chi connectivity index (χ3v) is 8.20. The first kappa shape index (κ1) is 31.6. The lowest BCUT2D eigenvalue weighted by atomic mass is 9.93. The first-order valence-corrected chi connectivity index (χ1v) is 15.5. The van der Waals surface area contributed by atoms with Crippen molar-refractivity contribution in [3.8, 4) is 17.2 Å². The van der Waals surface area contributed by atoms with Gasteiger partial charge in [-0.05, 0) is 78.1 Å². The number of ether oxygens (including phenoxy) is 4. The summed E-state index contributed by atoms with van der Waals surface area (Å²) in [4.78, 5) is 15.2. The molecule has 240 valence electrons. The van der Waals surface area contributed by atoms with Gasteiger partial charge in [-0.1, -0.05) is 72.8 Å². The predicted octanol–water partition coefficient (Wildman–Crippen LogP) is 8.57. The maximum atomic E-state index is 13.6. The molecular formula is C39H36FNO6. The summed E-state index contributed by atoms with van der Waals surface area (Å²) in [5, 5.41) is 11.0. The van der Waals surface area contributed by atoms with E-state index in [1.54, 1.807) is 36.3 Å². The van der Waals surface area contributed by atoms with Gasteiger partial charge in [-0.15, -0.1) is 0 Å². The zero-order valence-electron chi connectivity index (χ0n) is 26.0. The van der Waals surface area contributed by atoms with E-state index in [2.05, 4.69) is 0 Å². The van der Waals surface area contributed by atoms with Crippen LogP contribution in [-0.2, 0) is 18.0 Å². The van der Waals surface area contributed by atoms with Gasteiger partial charge >= 0.3 is 6.09 Å². The van der Waals surface area contributed by atoms with Crippen molar-refractivity contribution in [1.82, 2.24) is 0 Å². The molecule has 5 aromatic rings. The minimum atomic E-state index is -0.868. The van der Waals surface area contributed by atoms with Gasteiger partial charge in [-0.2, -0.15) is 0 Å². The van der Waals surface area contributed by atoms with Crippen LogP contribution in [0.1, 0.15) is 47.2 Å². The van der Waals surface area contributed by atoms with E-state index in [1.165, 1.54) is 12.1 Å². The van der Waals surface area contributed by atoms with E-state index >= 15 is 0 Å². The van der Waals surface area contributed by atoms with Gasteiger partial charge in [-0.3, -0.25) is 4.90 Å². The molecule has 6 rings (SSSR count). The minimum absolute atomic E-state index is 0.287. The highest BCUT2D eigenvalue weighted by molar-refractivity contribution is 5.91. The average Bonchev–Trinajstić information content (AvgIpc) is 3.45. The van der Waals surface area contributed by atoms with Crippen LogP contribution in [0.25, 0.3) is 0 Å². The van der Waals surface area contributed by atoms with E-state index in [4.69, 9.17) is 18.9 Å². The number of halogens is 1. The van der Waals surface area contributed by atoms with Gasteiger partial charge in [0.05, 0.1) is 13.2 Å². The zero-order chi connectivity index (χ0) is 32.6. The molecule has 0 saturated carbocycles. The Hall–Kier alpha value is -5.34. The molecule has 1 aliphatic rings. The summed E-state index contributed by atoms with van der Waals surface area (Å²) in [6, 6.07) is 37.7. The van der Waals surface area contributed by atoms with Gasteiger partial charge in [0, 0.05) is 17.3 Å². The molecule has 1 aliphatic heterocycles. The van der Waals surface area contributed by atoms with E-state index in [1.807, 2.05) is 91.0 Å². The Balaban J connectivity index is 1.34. The number of carbonyl (C=O) groups is 1. The predicted molar refractivity (Wildman–Crippen MR) is 177 cm³/mol. The van der Waals surface area contributed by atoms with E-state index in [0.717, 1.165) is 16.7 Å². The molecule has 8 heteroatoms. The largest absolute Gasteiger partial charge is 0.497 e. The van der Waals surface area contributed by atoms with Gasteiger partial charge in [-0.25, -0.2) is 9.18 Å². The average molecular weight is 634 g/mol. The summed E-state index contributed by atoms with van der Waals surface area (Å²) in [5.74, 6) is 1.44. The molecule has 0 aliphatic carbocycles. The maximum Gasteiger partial charge on any atom is 0.415 e. The Morgan fingerprint density at radius 3 is 2.04 bits per heavy atom. The second kappa shape index (κ2) is 14.8. The number of aliphatic hydroxyl groups is 1. The number of carbonyl (C=O) groups excluding carboxylic acids is 1. The molecule has 3 atom stereocenters. The van der Waals surface area contributed by atoms with Crippen LogP contribution in [0.15, 0.2) is 127 Å². The third-order valence-electron chi connectivity index (χ3n) is 8.20. The lowest BCUT2D eigenvalue weighted by Crippen LogP contribution is -2.30. The molecule has 0 spiro atoms. The van der Waals surface area contributed by atoms with E-state index < -0.39 is 24.3 Å². The van der Waals surface area contributed by atoms with Crippen LogP contribution in [0.5, 0.6) is 17.2 Å². The van der Waals surface area contributed by atoms with E-state index in [9.17, 15) is 14.3 Å². The highest BCUT2D eigenvalue weighted by atomic mass is 19.1. The summed E-state index contributed by atoms with van der Waals surface area (Å²) in [5.41, 5.74) is 3.96. The van der Waals surface area contributed by atoms with Crippen LogP contribution in [-0.4, -0.2) is 24.4 Å². The molecule has 5 aromatic carbocycles. The van der Waals surface area contributed by atoms with Crippen LogP contribution in [0.4, 0.5) is 14.9 Å². The minimum Gasteiger partial charge on any atom is -0.497 e. The molecule has 1 N–H and O–H groups in total. The molecule has 1 saturated heterocycles. The zero-order valence-corrected chi connectivity index (χ0v) is 26.0. The monoisotopic (exact) mass is 633 g/mol.